The van der Waals surface area contributed by atoms with Crippen molar-refractivity contribution in [2.24, 2.45) is 5.10 Å². The molecular weight excluding hydrogens is 464 g/mol. The lowest BCUT2D eigenvalue weighted by atomic mass is 10.1. The molecule has 36 heavy (non-hydrogen) atoms. The molecule has 0 saturated heterocycles. The first-order valence-electron chi connectivity index (χ1n) is 11.0. The lowest BCUT2D eigenvalue weighted by Crippen LogP contribution is -2.24. The second-order valence-electron chi connectivity index (χ2n) is 7.72. The third-order valence-electron chi connectivity index (χ3n) is 5.10. The lowest BCUT2D eigenvalue weighted by molar-refractivity contribution is -0.123. The lowest BCUT2D eigenvalue weighted by Gasteiger charge is -2.13. The highest BCUT2D eigenvalue weighted by Gasteiger charge is 2.18. The normalized spacial score (nSPS) is 10.6. The fraction of sp³-hybridized carbons (Fsp3) is 0.222. The average Bonchev–Trinajstić information content (AvgIpc) is 2.89. The Morgan fingerprint density at radius 3 is 2.14 bits per heavy atom. The Balaban J connectivity index is 1.55. The summed E-state index contributed by atoms with van der Waals surface area (Å²) < 4.78 is 26.8. The molecule has 0 aliphatic rings. The van der Waals surface area contributed by atoms with Crippen LogP contribution in [0.15, 0.2) is 59.7 Å². The van der Waals surface area contributed by atoms with Crippen molar-refractivity contribution in [1.29, 1.82) is 0 Å². The van der Waals surface area contributed by atoms with E-state index in [1.54, 1.807) is 24.3 Å². The summed E-state index contributed by atoms with van der Waals surface area (Å²) in [6.07, 6.45) is 1.47. The van der Waals surface area contributed by atoms with E-state index in [1.807, 2.05) is 32.0 Å². The summed E-state index contributed by atoms with van der Waals surface area (Å²) in [6.45, 7) is 3.71. The van der Waals surface area contributed by atoms with Crippen LogP contribution >= 0.6 is 0 Å². The number of nitrogens with one attached hydrogen (secondary N) is 1. The van der Waals surface area contributed by atoms with E-state index in [-0.39, 0.29) is 18.1 Å². The Morgan fingerprint density at radius 2 is 1.53 bits per heavy atom. The van der Waals surface area contributed by atoms with Gasteiger partial charge < -0.3 is 23.7 Å². The van der Waals surface area contributed by atoms with Crippen LogP contribution in [0.25, 0.3) is 0 Å². The molecule has 0 aromatic heterocycles. The number of benzene rings is 3. The second kappa shape index (κ2) is 12.3. The predicted octanol–water partition coefficient (Wildman–Crippen LogP) is 4.08. The molecule has 1 N–H and O–H groups in total. The molecule has 0 heterocycles. The minimum absolute atomic E-state index is 0.155. The molecular formula is C27H28N2O7. The molecule has 1 amide bonds. The first-order chi connectivity index (χ1) is 17.3. The van der Waals surface area contributed by atoms with Gasteiger partial charge in [-0.1, -0.05) is 12.1 Å². The standard InChI is InChI=1S/C27H28N2O7/c1-17-6-7-18(2)22(12-17)35-16-25(30)29-28-15-19-8-10-21(11-9-19)36-27(31)20-13-23(32-3)26(34-5)24(14-20)33-4/h6-15H,16H2,1-5H3,(H,29,30)/b28-15-. The largest absolute Gasteiger partial charge is 0.493 e. The van der Waals surface area contributed by atoms with Gasteiger partial charge in [0.2, 0.25) is 5.75 Å². The SMILES string of the molecule is COc1cc(C(=O)Oc2ccc(/C=N\NC(=O)COc3cc(C)ccc3C)cc2)cc(OC)c1OC. The molecule has 0 bridgehead atoms. The average molecular weight is 493 g/mol. The van der Waals surface area contributed by atoms with E-state index in [1.165, 1.54) is 39.7 Å². The molecule has 3 aromatic carbocycles. The van der Waals surface area contributed by atoms with Gasteiger partial charge in [0.05, 0.1) is 33.1 Å². The molecule has 0 unspecified atom stereocenters. The molecule has 0 atom stereocenters. The van der Waals surface area contributed by atoms with Crippen LogP contribution in [0.4, 0.5) is 0 Å². The maximum Gasteiger partial charge on any atom is 0.343 e. The van der Waals surface area contributed by atoms with Gasteiger partial charge in [-0.2, -0.15) is 5.10 Å². The van der Waals surface area contributed by atoms with Gasteiger partial charge in [0, 0.05) is 0 Å². The summed E-state index contributed by atoms with van der Waals surface area (Å²) in [4.78, 5) is 24.6. The van der Waals surface area contributed by atoms with Crippen LogP contribution < -0.4 is 29.1 Å². The Labute approximate surface area is 209 Å². The summed E-state index contributed by atoms with van der Waals surface area (Å²) in [6, 6.07) is 15.4. The van der Waals surface area contributed by atoms with Crippen molar-refractivity contribution in [3.63, 3.8) is 0 Å². The van der Waals surface area contributed by atoms with Crippen LogP contribution in [-0.2, 0) is 4.79 Å². The second-order valence-corrected chi connectivity index (χ2v) is 7.72. The van der Waals surface area contributed by atoms with Crippen molar-refractivity contribution in [2.45, 2.75) is 13.8 Å². The number of methoxy groups -OCH3 is 3. The molecule has 188 valence electrons. The molecule has 0 aliphatic carbocycles. The minimum atomic E-state index is -0.591. The molecule has 0 saturated carbocycles. The number of hydrogen-bond acceptors (Lipinski definition) is 8. The van der Waals surface area contributed by atoms with E-state index in [0.29, 0.717) is 34.3 Å². The van der Waals surface area contributed by atoms with Gasteiger partial charge in [-0.15, -0.1) is 0 Å². The molecule has 3 aromatic rings. The number of amides is 1. The van der Waals surface area contributed by atoms with Crippen molar-refractivity contribution < 1.29 is 33.3 Å². The monoisotopic (exact) mass is 492 g/mol. The third kappa shape index (κ3) is 6.75. The van der Waals surface area contributed by atoms with E-state index in [9.17, 15) is 9.59 Å². The number of carbonyl (C=O) groups excluding carboxylic acids is 2. The molecule has 9 heteroatoms. The van der Waals surface area contributed by atoms with Crippen LogP contribution in [0.5, 0.6) is 28.7 Å². The van der Waals surface area contributed by atoms with Crippen LogP contribution in [0.3, 0.4) is 0 Å². The van der Waals surface area contributed by atoms with Gasteiger partial charge in [-0.05, 0) is 73.0 Å². The Kier molecular flexibility index (Phi) is 8.88. The van der Waals surface area contributed by atoms with E-state index in [2.05, 4.69) is 10.5 Å². The fourth-order valence-corrected chi connectivity index (χ4v) is 3.20. The summed E-state index contributed by atoms with van der Waals surface area (Å²) in [5, 5.41) is 3.93. The zero-order valence-electron chi connectivity index (χ0n) is 20.8. The number of aryl methyl sites for hydroxylation is 2. The first-order valence-corrected chi connectivity index (χ1v) is 11.0. The molecule has 3 rings (SSSR count). The number of hydrogen-bond donors (Lipinski definition) is 1. The molecule has 0 spiro atoms. The molecule has 9 nitrogen and oxygen atoms in total. The molecule has 0 radical (unpaired) electrons. The van der Waals surface area contributed by atoms with Crippen LogP contribution in [0, 0.1) is 13.8 Å². The number of carbonyl (C=O) groups is 2. The molecule has 0 fully saturated rings. The van der Waals surface area contributed by atoms with Gasteiger partial charge in [-0.25, -0.2) is 10.2 Å². The van der Waals surface area contributed by atoms with E-state index < -0.39 is 5.97 Å². The number of hydrazone groups is 1. The maximum absolute atomic E-state index is 12.6. The Hall–Kier alpha value is -4.53. The highest BCUT2D eigenvalue weighted by molar-refractivity contribution is 5.93. The fourth-order valence-electron chi connectivity index (χ4n) is 3.20. The number of ether oxygens (including phenoxy) is 5. The minimum Gasteiger partial charge on any atom is -0.493 e. The summed E-state index contributed by atoms with van der Waals surface area (Å²) in [7, 11) is 4.41. The third-order valence-corrected chi connectivity index (χ3v) is 5.10. The van der Waals surface area contributed by atoms with E-state index in [0.717, 1.165) is 11.1 Å². The van der Waals surface area contributed by atoms with E-state index in [4.69, 9.17) is 23.7 Å². The molecule has 0 aliphatic heterocycles. The van der Waals surface area contributed by atoms with Gasteiger partial charge in [0.1, 0.15) is 11.5 Å². The maximum atomic E-state index is 12.6. The first kappa shape index (κ1) is 26.1. The zero-order valence-corrected chi connectivity index (χ0v) is 20.8. The number of esters is 1. The quantitative estimate of drug-likeness (QED) is 0.197. The van der Waals surface area contributed by atoms with E-state index >= 15 is 0 Å². The van der Waals surface area contributed by atoms with Gasteiger partial charge in [0.25, 0.3) is 5.91 Å². The zero-order chi connectivity index (χ0) is 26.1. The van der Waals surface area contributed by atoms with Gasteiger partial charge in [-0.3, -0.25) is 4.79 Å². The highest BCUT2D eigenvalue weighted by Crippen LogP contribution is 2.38. The van der Waals surface area contributed by atoms with Crippen molar-refractivity contribution in [3.05, 3.63) is 76.9 Å². The number of rotatable bonds is 10. The van der Waals surface area contributed by atoms with Crippen molar-refractivity contribution in [1.82, 2.24) is 5.43 Å². The number of nitrogens with zero attached hydrogens (tertiary/aromatic N) is 1. The predicted molar refractivity (Wildman–Crippen MR) is 135 cm³/mol. The van der Waals surface area contributed by atoms with Gasteiger partial charge >= 0.3 is 5.97 Å². The van der Waals surface area contributed by atoms with Gasteiger partial charge in [0.15, 0.2) is 18.1 Å². The topological polar surface area (TPSA) is 105 Å². The summed E-state index contributed by atoms with van der Waals surface area (Å²) >= 11 is 0. The van der Waals surface area contributed by atoms with Crippen molar-refractivity contribution in [3.8, 4) is 28.7 Å². The van der Waals surface area contributed by atoms with Crippen LogP contribution in [0.1, 0.15) is 27.0 Å². The van der Waals surface area contributed by atoms with Crippen molar-refractivity contribution >= 4 is 18.1 Å². The van der Waals surface area contributed by atoms with Crippen molar-refractivity contribution in [2.75, 3.05) is 27.9 Å². The van der Waals surface area contributed by atoms with Crippen LogP contribution in [-0.4, -0.2) is 46.0 Å². The smallest absolute Gasteiger partial charge is 0.343 e. The summed E-state index contributed by atoms with van der Waals surface area (Å²) in [5.74, 6) is 1.08. The Morgan fingerprint density at radius 1 is 0.861 bits per heavy atom. The summed E-state index contributed by atoms with van der Waals surface area (Å²) in [5.41, 5.74) is 5.35. The highest BCUT2D eigenvalue weighted by atomic mass is 16.5. The van der Waals surface area contributed by atoms with Crippen LogP contribution in [0.2, 0.25) is 0 Å². The Bertz CT molecular complexity index is 1230.